The molecule has 0 unspecified atom stereocenters. The van der Waals surface area contributed by atoms with E-state index in [0.29, 0.717) is 0 Å². The Bertz CT molecular complexity index is 1990. The van der Waals surface area contributed by atoms with Crippen LogP contribution >= 0.6 is 0 Å². The highest BCUT2D eigenvalue weighted by molar-refractivity contribution is 6.11. The van der Waals surface area contributed by atoms with E-state index in [-0.39, 0.29) is 21.7 Å². The van der Waals surface area contributed by atoms with Crippen LogP contribution in [0.3, 0.4) is 0 Å². The second-order valence-electron chi connectivity index (χ2n) is 17.4. The summed E-state index contributed by atoms with van der Waals surface area (Å²) in [5.41, 5.74) is 12.5. The lowest BCUT2D eigenvalue weighted by atomic mass is 9.84. The summed E-state index contributed by atoms with van der Waals surface area (Å²) in [6, 6.07) is 26.4. The number of rotatable bonds is 2. The fourth-order valence-corrected chi connectivity index (χ4v) is 6.81. The van der Waals surface area contributed by atoms with Gasteiger partial charge in [-0.3, -0.25) is 0 Å². The van der Waals surface area contributed by atoms with Crippen LogP contribution in [0.5, 0.6) is 0 Å². The first-order valence-corrected chi connectivity index (χ1v) is 16.4. The first kappa shape index (κ1) is 30.5. The minimum Gasteiger partial charge on any atom is -0.344 e. The molecule has 0 N–H and O–H groups in total. The third-order valence-electron chi connectivity index (χ3n) is 9.85. The van der Waals surface area contributed by atoms with Crippen LogP contribution < -0.4 is 0 Å². The lowest BCUT2D eigenvalue weighted by Crippen LogP contribution is -2.13. The number of hydrogen-bond donors (Lipinski definition) is 0. The van der Waals surface area contributed by atoms with Crippen LogP contribution in [0.15, 0.2) is 66.7 Å². The maximum Gasteiger partial charge on any atom is 0.0495 e. The molecule has 0 aliphatic heterocycles. The van der Waals surface area contributed by atoms with E-state index in [4.69, 9.17) is 0 Å². The summed E-state index contributed by atoms with van der Waals surface area (Å²) >= 11 is 0. The molecule has 0 saturated carbocycles. The number of aromatic nitrogens is 2. The summed E-state index contributed by atoms with van der Waals surface area (Å²) in [4.78, 5) is 0. The highest BCUT2D eigenvalue weighted by Gasteiger charge is 2.24. The highest BCUT2D eigenvalue weighted by atomic mass is 15.0. The molecule has 0 saturated heterocycles. The molecule has 0 aliphatic rings. The van der Waals surface area contributed by atoms with Crippen molar-refractivity contribution in [2.24, 2.45) is 7.05 Å². The van der Waals surface area contributed by atoms with Crippen molar-refractivity contribution >= 4 is 43.6 Å². The Labute approximate surface area is 265 Å². The second-order valence-corrected chi connectivity index (χ2v) is 17.4. The Morgan fingerprint density at radius 2 is 0.864 bits per heavy atom. The zero-order chi connectivity index (χ0) is 32.1. The summed E-state index contributed by atoms with van der Waals surface area (Å²) in [5, 5.41) is 5.43. The van der Waals surface area contributed by atoms with E-state index < -0.39 is 0 Å². The lowest BCUT2D eigenvalue weighted by molar-refractivity contribution is 0.589. The first-order chi connectivity index (χ1) is 20.2. The molecule has 0 amide bonds. The van der Waals surface area contributed by atoms with Crippen molar-refractivity contribution in [3.05, 3.63) is 94.5 Å². The quantitative estimate of drug-likeness (QED) is 0.192. The summed E-state index contributed by atoms with van der Waals surface area (Å²) in [6.45, 7) is 28.6. The molecule has 2 nitrogen and oxygen atoms in total. The molecule has 0 radical (unpaired) electrons. The SMILES string of the molecule is Cn1c2cc(C(C)(C)C)ccc2c2c(Cn3c4ccc(C(C)(C)C)cc4c4cc(C(C)(C)C)ccc43)cc(C(C)(C)C)cc21. The van der Waals surface area contributed by atoms with Crippen molar-refractivity contribution in [1.29, 1.82) is 0 Å². The van der Waals surface area contributed by atoms with Crippen LogP contribution in [-0.4, -0.2) is 9.13 Å². The van der Waals surface area contributed by atoms with Gasteiger partial charge in [0.25, 0.3) is 0 Å². The molecule has 6 rings (SSSR count). The average molecular weight is 585 g/mol. The molecule has 2 aromatic heterocycles. The van der Waals surface area contributed by atoms with Crippen LogP contribution in [0, 0.1) is 0 Å². The number of aryl methyl sites for hydroxylation is 1. The summed E-state index contributed by atoms with van der Waals surface area (Å²) < 4.78 is 5.00. The summed E-state index contributed by atoms with van der Waals surface area (Å²) in [5.74, 6) is 0. The van der Waals surface area contributed by atoms with Crippen LogP contribution in [0.2, 0.25) is 0 Å². The third kappa shape index (κ3) is 5.05. The minimum absolute atomic E-state index is 0.0417. The number of nitrogens with zero attached hydrogens (tertiary/aromatic N) is 2. The van der Waals surface area contributed by atoms with E-state index in [1.54, 1.807) is 0 Å². The number of benzene rings is 4. The van der Waals surface area contributed by atoms with E-state index >= 15 is 0 Å². The second kappa shape index (κ2) is 9.74. The van der Waals surface area contributed by atoms with Gasteiger partial charge in [0.15, 0.2) is 0 Å². The van der Waals surface area contributed by atoms with Crippen LogP contribution in [0.4, 0.5) is 0 Å². The normalized spacial score (nSPS) is 13.7. The molecule has 0 bridgehead atoms. The van der Waals surface area contributed by atoms with Crippen molar-refractivity contribution in [1.82, 2.24) is 9.13 Å². The van der Waals surface area contributed by atoms with Crippen LogP contribution in [0.25, 0.3) is 43.6 Å². The molecule has 0 aliphatic carbocycles. The van der Waals surface area contributed by atoms with E-state index in [9.17, 15) is 0 Å². The molecular weight excluding hydrogens is 532 g/mol. The van der Waals surface area contributed by atoms with Gasteiger partial charge in [-0.05, 0) is 85.9 Å². The monoisotopic (exact) mass is 584 g/mol. The Balaban J connectivity index is 1.67. The van der Waals surface area contributed by atoms with Gasteiger partial charge in [0.05, 0.1) is 0 Å². The van der Waals surface area contributed by atoms with Gasteiger partial charge < -0.3 is 9.13 Å². The predicted octanol–water partition coefficient (Wildman–Crippen LogP) is 11.7. The van der Waals surface area contributed by atoms with Gasteiger partial charge in [-0.25, -0.2) is 0 Å². The van der Waals surface area contributed by atoms with E-state index in [2.05, 4.69) is 166 Å². The van der Waals surface area contributed by atoms with Gasteiger partial charge in [0, 0.05) is 57.2 Å². The highest BCUT2D eigenvalue weighted by Crippen LogP contribution is 2.40. The molecule has 6 aromatic rings. The summed E-state index contributed by atoms with van der Waals surface area (Å²) in [7, 11) is 2.25. The largest absolute Gasteiger partial charge is 0.344 e. The van der Waals surface area contributed by atoms with Crippen molar-refractivity contribution in [2.45, 2.75) is 111 Å². The van der Waals surface area contributed by atoms with Gasteiger partial charge in [-0.15, -0.1) is 0 Å². The zero-order valence-electron chi connectivity index (χ0n) is 29.5. The van der Waals surface area contributed by atoms with Crippen molar-refractivity contribution < 1.29 is 0 Å². The molecule has 0 atom stereocenters. The Kier molecular flexibility index (Phi) is 6.75. The Hall–Kier alpha value is -3.52. The van der Waals surface area contributed by atoms with Crippen molar-refractivity contribution in [3.8, 4) is 0 Å². The average Bonchev–Trinajstić information content (AvgIpc) is 3.38. The molecule has 44 heavy (non-hydrogen) atoms. The molecule has 2 heteroatoms. The Morgan fingerprint density at radius 1 is 0.432 bits per heavy atom. The van der Waals surface area contributed by atoms with E-state index in [0.717, 1.165) is 6.54 Å². The molecule has 230 valence electrons. The van der Waals surface area contributed by atoms with Crippen LogP contribution in [0.1, 0.15) is 111 Å². The van der Waals surface area contributed by atoms with Gasteiger partial charge in [0.2, 0.25) is 0 Å². The lowest BCUT2D eigenvalue weighted by Gasteiger charge is -2.22. The minimum atomic E-state index is 0.0417. The van der Waals surface area contributed by atoms with Crippen molar-refractivity contribution in [2.75, 3.05) is 0 Å². The molecule has 0 fully saturated rings. The van der Waals surface area contributed by atoms with Gasteiger partial charge >= 0.3 is 0 Å². The fraction of sp³-hybridized carbons (Fsp3) is 0.429. The predicted molar refractivity (Wildman–Crippen MR) is 194 cm³/mol. The molecule has 2 heterocycles. The van der Waals surface area contributed by atoms with E-state index in [1.165, 1.54) is 71.4 Å². The topological polar surface area (TPSA) is 9.86 Å². The third-order valence-corrected chi connectivity index (χ3v) is 9.85. The van der Waals surface area contributed by atoms with Crippen LogP contribution in [-0.2, 0) is 35.3 Å². The molecule has 4 aromatic carbocycles. The van der Waals surface area contributed by atoms with Gasteiger partial charge in [-0.1, -0.05) is 113 Å². The van der Waals surface area contributed by atoms with Gasteiger partial charge in [0.1, 0.15) is 0 Å². The van der Waals surface area contributed by atoms with Crippen molar-refractivity contribution in [3.63, 3.8) is 0 Å². The summed E-state index contributed by atoms with van der Waals surface area (Å²) in [6.07, 6.45) is 0. The molecular formula is C42H52N2. The maximum absolute atomic E-state index is 2.58. The maximum atomic E-state index is 2.58. The van der Waals surface area contributed by atoms with E-state index in [1.807, 2.05) is 0 Å². The fourth-order valence-electron chi connectivity index (χ4n) is 6.81. The Morgan fingerprint density at radius 3 is 1.34 bits per heavy atom. The van der Waals surface area contributed by atoms with Gasteiger partial charge in [-0.2, -0.15) is 0 Å². The smallest absolute Gasteiger partial charge is 0.0495 e. The first-order valence-electron chi connectivity index (χ1n) is 16.4. The number of hydrogen-bond acceptors (Lipinski definition) is 0. The number of fused-ring (bicyclic) bond motifs is 6. The zero-order valence-corrected chi connectivity index (χ0v) is 29.5. The standard InChI is InChI=1S/C42H52N2/c1-39(2,3)27-15-18-34-32(21-27)33-22-28(40(4,5)6)16-19-35(33)44(34)25-26-20-30(42(10,11)12)24-37-38(26)31-17-14-29(41(7,8)9)23-36(31)43(37)13/h14-24H,25H2,1-13H3. The molecule has 0 spiro atoms.